The van der Waals surface area contributed by atoms with Crippen LogP contribution in [-0.2, 0) is 17.1 Å². The van der Waals surface area contributed by atoms with Crippen LogP contribution in [0.5, 0.6) is 11.5 Å². The van der Waals surface area contributed by atoms with E-state index in [-0.39, 0.29) is 17.7 Å². The molecule has 0 atom stereocenters. The van der Waals surface area contributed by atoms with Crippen LogP contribution in [0.25, 0.3) is 10.2 Å². The molecule has 0 saturated heterocycles. The number of aryl methyl sites for hydroxylation is 1. The van der Waals surface area contributed by atoms with Crippen molar-refractivity contribution in [1.82, 2.24) is 8.87 Å². The largest absolute Gasteiger partial charge is 0.454 e. The van der Waals surface area contributed by atoms with Crippen LogP contribution in [0, 0.1) is 0 Å². The van der Waals surface area contributed by atoms with Gasteiger partial charge in [0.2, 0.25) is 16.8 Å². The molecule has 2 aromatic carbocycles. The van der Waals surface area contributed by atoms with Crippen LogP contribution in [0.2, 0.25) is 0 Å². The van der Waals surface area contributed by atoms with Gasteiger partial charge in [-0.3, -0.25) is 4.79 Å². The van der Waals surface area contributed by atoms with E-state index in [0.717, 1.165) is 23.1 Å². The second kappa shape index (κ2) is 6.93. The van der Waals surface area contributed by atoms with Gasteiger partial charge in [-0.2, -0.15) is 9.30 Å². The molecule has 1 saturated carbocycles. The fraction of sp³-hybridized carbons (Fsp3) is 0.300. The minimum atomic E-state index is -3.54. The van der Waals surface area contributed by atoms with Gasteiger partial charge in [0.1, 0.15) is 0 Å². The number of thiazole rings is 1. The highest BCUT2D eigenvalue weighted by Gasteiger charge is 2.35. The van der Waals surface area contributed by atoms with Gasteiger partial charge in [0.25, 0.3) is 5.91 Å². The summed E-state index contributed by atoms with van der Waals surface area (Å²) in [6, 6.07) is 9.75. The van der Waals surface area contributed by atoms with Gasteiger partial charge in [-0.1, -0.05) is 11.3 Å². The fourth-order valence-corrected chi connectivity index (χ4v) is 5.79. The number of carbonyl (C=O) groups excluding carboxylic acids is 1. The third-order valence-corrected chi connectivity index (χ3v) is 8.36. The SMILES string of the molecule is CN(C1CC1)S(=O)(=O)c1ccc(C(=O)N=c2sc3cc4c(cc3n2C)OCO4)cc1. The van der Waals surface area contributed by atoms with Gasteiger partial charge in [0, 0.05) is 37.8 Å². The molecule has 30 heavy (non-hydrogen) atoms. The Morgan fingerprint density at radius 1 is 1.17 bits per heavy atom. The number of ether oxygens (including phenoxy) is 2. The van der Waals surface area contributed by atoms with Gasteiger partial charge in [-0.25, -0.2) is 8.42 Å². The summed E-state index contributed by atoms with van der Waals surface area (Å²) in [6.45, 7) is 0.203. The average Bonchev–Trinajstić information content (AvgIpc) is 3.42. The molecule has 0 bridgehead atoms. The zero-order valence-electron chi connectivity index (χ0n) is 16.4. The number of carbonyl (C=O) groups is 1. The number of fused-ring (bicyclic) bond motifs is 2. The first kappa shape index (κ1) is 19.3. The normalized spacial score (nSPS) is 16.6. The lowest BCUT2D eigenvalue weighted by Crippen LogP contribution is -2.28. The number of sulfonamides is 1. The van der Waals surface area contributed by atoms with Gasteiger partial charge in [0.05, 0.1) is 15.1 Å². The number of amides is 1. The number of hydrogen-bond donors (Lipinski definition) is 0. The molecule has 2 heterocycles. The molecule has 10 heteroatoms. The van der Waals surface area contributed by atoms with E-state index in [4.69, 9.17) is 9.47 Å². The smallest absolute Gasteiger partial charge is 0.279 e. The number of aromatic nitrogens is 1. The first-order valence-corrected chi connectivity index (χ1v) is 11.7. The molecular formula is C20H19N3O5S2. The lowest BCUT2D eigenvalue weighted by Gasteiger charge is -2.16. The summed E-state index contributed by atoms with van der Waals surface area (Å²) < 4.78 is 40.2. The minimum absolute atomic E-state index is 0.0800. The summed E-state index contributed by atoms with van der Waals surface area (Å²) >= 11 is 1.37. The van der Waals surface area contributed by atoms with E-state index >= 15 is 0 Å². The summed E-state index contributed by atoms with van der Waals surface area (Å²) in [4.78, 5) is 17.6. The highest BCUT2D eigenvalue weighted by atomic mass is 32.2. The fourth-order valence-electron chi connectivity index (χ4n) is 3.35. The Morgan fingerprint density at radius 3 is 2.50 bits per heavy atom. The lowest BCUT2D eigenvalue weighted by molar-refractivity contribution is 0.0998. The second-order valence-corrected chi connectivity index (χ2v) is 10.3. The molecule has 5 rings (SSSR count). The van der Waals surface area contributed by atoms with Crippen molar-refractivity contribution in [2.24, 2.45) is 12.0 Å². The van der Waals surface area contributed by atoms with Crippen molar-refractivity contribution < 1.29 is 22.7 Å². The van der Waals surface area contributed by atoms with E-state index in [0.29, 0.717) is 21.9 Å². The maximum atomic E-state index is 12.7. The Balaban J connectivity index is 1.45. The first-order valence-electron chi connectivity index (χ1n) is 9.41. The van der Waals surface area contributed by atoms with E-state index in [1.165, 1.54) is 39.9 Å². The number of rotatable bonds is 4. The van der Waals surface area contributed by atoms with Crippen molar-refractivity contribution >= 4 is 37.5 Å². The lowest BCUT2D eigenvalue weighted by atomic mass is 10.2. The van der Waals surface area contributed by atoms with Crippen LogP contribution >= 0.6 is 11.3 Å². The number of benzene rings is 2. The van der Waals surface area contributed by atoms with E-state index in [1.54, 1.807) is 7.05 Å². The highest BCUT2D eigenvalue weighted by Crippen LogP contribution is 2.36. The molecule has 0 N–H and O–H groups in total. The van der Waals surface area contributed by atoms with E-state index in [1.807, 2.05) is 23.7 Å². The third kappa shape index (κ3) is 3.21. The average molecular weight is 446 g/mol. The van der Waals surface area contributed by atoms with E-state index < -0.39 is 15.9 Å². The third-order valence-electron chi connectivity index (χ3n) is 5.34. The number of nitrogens with zero attached hydrogens (tertiary/aromatic N) is 3. The van der Waals surface area contributed by atoms with Crippen LogP contribution in [0.3, 0.4) is 0 Å². The number of hydrogen-bond acceptors (Lipinski definition) is 6. The Labute approximate surface area is 177 Å². The zero-order valence-corrected chi connectivity index (χ0v) is 18.0. The van der Waals surface area contributed by atoms with Crippen molar-refractivity contribution in [2.45, 2.75) is 23.8 Å². The second-order valence-electron chi connectivity index (χ2n) is 7.31. The molecular weight excluding hydrogens is 426 g/mol. The Hall–Kier alpha value is -2.69. The molecule has 156 valence electrons. The molecule has 2 aliphatic rings. The molecule has 3 aromatic rings. The highest BCUT2D eigenvalue weighted by molar-refractivity contribution is 7.89. The predicted molar refractivity (Wildman–Crippen MR) is 111 cm³/mol. The van der Waals surface area contributed by atoms with Gasteiger partial charge in [0.15, 0.2) is 16.3 Å². The first-order chi connectivity index (χ1) is 14.3. The zero-order chi connectivity index (χ0) is 21.0. The van der Waals surface area contributed by atoms with Crippen molar-refractivity contribution in [2.75, 3.05) is 13.8 Å². The maximum absolute atomic E-state index is 12.7. The molecule has 0 spiro atoms. The summed E-state index contributed by atoms with van der Waals surface area (Å²) in [6.07, 6.45) is 1.78. The van der Waals surface area contributed by atoms with Crippen LogP contribution < -0.4 is 14.3 Å². The van der Waals surface area contributed by atoms with Crippen molar-refractivity contribution in [3.05, 3.63) is 46.8 Å². The van der Waals surface area contributed by atoms with Crippen LogP contribution in [0.15, 0.2) is 46.3 Å². The molecule has 1 aliphatic carbocycles. The molecule has 1 amide bonds. The van der Waals surface area contributed by atoms with Crippen LogP contribution in [0.1, 0.15) is 23.2 Å². The summed E-state index contributed by atoms with van der Waals surface area (Å²) in [5.41, 5.74) is 1.22. The quantitative estimate of drug-likeness (QED) is 0.616. The summed E-state index contributed by atoms with van der Waals surface area (Å²) in [5.74, 6) is 0.911. The molecule has 0 radical (unpaired) electrons. The predicted octanol–water partition coefficient (Wildman–Crippen LogP) is 2.49. The monoisotopic (exact) mass is 445 g/mol. The van der Waals surface area contributed by atoms with Crippen LogP contribution in [-0.4, -0.2) is 43.1 Å². The minimum Gasteiger partial charge on any atom is -0.454 e. The van der Waals surface area contributed by atoms with Gasteiger partial charge < -0.3 is 14.0 Å². The summed E-state index contributed by atoms with van der Waals surface area (Å²) in [7, 11) is -0.119. The maximum Gasteiger partial charge on any atom is 0.279 e. The van der Waals surface area contributed by atoms with Crippen LogP contribution in [0.4, 0.5) is 0 Å². The molecule has 1 fully saturated rings. The topological polar surface area (TPSA) is 90.2 Å². The molecule has 1 aliphatic heterocycles. The van der Waals surface area contributed by atoms with E-state index in [2.05, 4.69) is 4.99 Å². The van der Waals surface area contributed by atoms with Crippen molar-refractivity contribution in [3.8, 4) is 11.5 Å². The Kier molecular flexibility index (Phi) is 4.46. The van der Waals surface area contributed by atoms with Crippen molar-refractivity contribution in [1.29, 1.82) is 0 Å². The molecule has 0 unspecified atom stereocenters. The summed E-state index contributed by atoms with van der Waals surface area (Å²) in [5, 5.41) is 0. The Morgan fingerprint density at radius 2 is 1.83 bits per heavy atom. The van der Waals surface area contributed by atoms with Gasteiger partial charge in [-0.05, 0) is 37.1 Å². The molecule has 8 nitrogen and oxygen atoms in total. The van der Waals surface area contributed by atoms with E-state index in [9.17, 15) is 13.2 Å². The van der Waals surface area contributed by atoms with Crippen molar-refractivity contribution in [3.63, 3.8) is 0 Å². The van der Waals surface area contributed by atoms with Gasteiger partial charge in [-0.15, -0.1) is 0 Å². The Bertz CT molecular complexity index is 1340. The molecule has 1 aromatic heterocycles. The standard InChI is InChI=1S/C20H19N3O5S2/c1-22-15-9-16-17(28-11-27-16)10-18(15)29-20(22)21-19(24)12-3-7-14(8-4-12)30(25,26)23(2)13-5-6-13/h3-4,7-10,13H,5-6,11H2,1-2H3. The van der Waals surface area contributed by atoms with Gasteiger partial charge >= 0.3 is 0 Å².